The first-order valence-corrected chi connectivity index (χ1v) is 9.20. The number of Topliss-reactive ketones (excluding diaryl/α,β-unsaturated/α-hetero) is 1. The Morgan fingerprint density at radius 2 is 1.95 bits per heavy atom. The predicted octanol–water partition coefficient (Wildman–Crippen LogP) is 3.02. The first kappa shape index (κ1) is 15.7. The average Bonchev–Trinajstić information content (AvgIpc) is 2.97. The Bertz CT molecular complexity index is 557. The van der Waals surface area contributed by atoms with Gasteiger partial charge >= 0.3 is 0 Å². The van der Waals surface area contributed by atoms with E-state index in [-0.39, 0.29) is 17.1 Å². The molecule has 112 valence electrons. The van der Waals surface area contributed by atoms with Crippen molar-refractivity contribution in [1.82, 2.24) is 0 Å². The third-order valence-electron chi connectivity index (χ3n) is 4.99. The summed E-state index contributed by atoms with van der Waals surface area (Å²) >= 11 is 1.71. The number of thiophene rings is 1. The zero-order valence-electron chi connectivity index (χ0n) is 11.7. The topological polar surface area (TPSA) is 71.4 Å². The minimum atomic E-state index is -4.08. The van der Waals surface area contributed by atoms with Gasteiger partial charge < -0.3 is 0 Å². The fraction of sp³-hybridized carbons (Fsp3) is 0.643. The number of hydrogen-bond acceptors (Lipinski definition) is 4. The molecule has 1 N–H and O–H groups in total. The zero-order valence-corrected chi connectivity index (χ0v) is 13.3. The van der Waals surface area contributed by atoms with Crippen LogP contribution in [0.5, 0.6) is 0 Å². The Labute approximate surface area is 124 Å². The number of hydrogen-bond donors (Lipinski definition) is 1. The Kier molecular flexibility index (Phi) is 4.10. The summed E-state index contributed by atoms with van der Waals surface area (Å²) in [6.07, 6.45) is 1.97. The largest absolute Gasteiger partial charge is 0.299 e. The summed E-state index contributed by atoms with van der Waals surface area (Å²) in [5.41, 5.74) is -1.12. The van der Waals surface area contributed by atoms with Crippen LogP contribution >= 0.6 is 11.3 Å². The van der Waals surface area contributed by atoms with Crippen molar-refractivity contribution in [3.63, 3.8) is 0 Å². The van der Waals surface area contributed by atoms with Crippen LogP contribution in [0.3, 0.4) is 0 Å². The van der Waals surface area contributed by atoms with E-state index in [9.17, 15) is 13.2 Å². The number of carbonyl (C=O) groups excluding carboxylic acids is 1. The highest BCUT2D eigenvalue weighted by Crippen LogP contribution is 2.64. The van der Waals surface area contributed by atoms with E-state index in [4.69, 9.17) is 4.55 Å². The lowest BCUT2D eigenvalue weighted by atomic mass is 9.70. The minimum absolute atomic E-state index is 0.0152. The van der Waals surface area contributed by atoms with Crippen LogP contribution in [0, 0.1) is 16.7 Å². The van der Waals surface area contributed by atoms with Crippen LogP contribution in [-0.2, 0) is 14.9 Å². The first-order chi connectivity index (χ1) is 9.19. The molecule has 1 aromatic heterocycles. The molecule has 0 amide bonds. The third kappa shape index (κ3) is 2.69. The van der Waals surface area contributed by atoms with Crippen LogP contribution in [0.2, 0.25) is 0 Å². The lowest BCUT2D eigenvalue weighted by molar-refractivity contribution is -0.128. The third-order valence-corrected chi connectivity index (χ3v) is 6.48. The van der Waals surface area contributed by atoms with Crippen LogP contribution in [0.4, 0.5) is 0 Å². The predicted molar refractivity (Wildman–Crippen MR) is 79.3 cm³/mol. The molecular weight excluding hydrogens is 296 g/mol. The molecule has 2 fully saturated rings. The molecule has 2 saturated carbocycles. The van der Waals surface area contributed by atoms with Crippen LogP contribution in [0.15, 0.2) is 22.9 Å². The summed E-state index contributed by atoms with van der Waals surface area (Å²) in [5, 5.41) is 4.08. The number of rotatable bonds is 2. The Morgan fingerprint density at radius 1 is 1.35 bits per heavy atom. The van der Waals surface area contributed by atoms with Gasteiger partial charge in [0.05, 0.1) is 11.2 Å². The van der Waals surface area contributed by atoms with Gasteiger partial charge in [-0.25, -0.2) is 0 Å². The average molecular weight is 316 g/mol. The fourth-order valence-electron chi connectivity index (χ4n) is 3.65. The second kappa shape index (κ2) is 5.24. The molecule has 4 nitrogen and oxygen atoms in total. The van der Waals surface area contributed by atoms with E-state index in [1.165, 1.54) is 0 Å². The molecule has 0 aromatic carbocycles. The standard InChI is InChI=1S/C10H16O4S.C4H4S/c1-9(2)7-3-4-10(9,8(11)5-7)6-15(12,13)14;1-2-4-5-3-1/h7H,3-6H2,1-2H3,(H,12,13,14);1-4H. The van der Waals surface area contributed by atoms with E-state index in [1.807, 2.05) is 36.7 Å². The molecule has 2 unspecified atom stereocenters. The molecule has 0 aliphatic heterocycles. The summed E-state index contributed by atoms with van der Waals surface area (Å²) in [4.78, 5) is 11.9. The van der Waals surface area contributed by atoms with Crippen molar-refractivity contribution in [2.24, 2.45) is 16.7 Å². The maximum absolute atomic E-state index is 11.9. The molecule has 0 radical (unpaired) electrons. The number of carbonyl (C=O) groups is 1. The van der Waals surface area contributed by atoms with Crippen molar-refractivity contribution >= 4 is 27.2 Å². The Hall–Kier alpha value is -0.720. The van der Waals surface area contributed by atoms with Gasteiger partial charge in [0.25, 0.3) is 10.1 Å². The highest BCUT2D eigenvalue weighted by atomic mass is 32.2. The highest BCUT2D eigenvalue weighted by molar-refractivity contribution is 7.85. The highest BCUT2D eigenvalue weighted by Gasteiger charge is 2.65. The molecule has 2 bridgehead atoms. The molecule has 0 saturated heterocycles. The van der Waals surface area contributed by atoms with Gasteiger partial charge in [-0.15, -0.1) is 0 Å². The maximum atomic E-state index is 11.9. The normalized spacial score (nSPS) is 30.9. The van der Waals surface area contributed by atoms with Crippen LogP contribution in [0.1, 0.15) is 33.1 Å². The summed E-state index contributed by atoms with van der Waals surface area (Å²) in [6, 6.07) is 4.04. The molecule has 6 heteroatoms. The van der Waals surface area contributed by atoms with Gasteiger partial charge in [-0.05, 0) is 34.9 Å². The molecule has 2 aliphatic rings. The molecular formula is C14H20O4S2. The molecule has 3 rings (SSSR count). The van der Waals surface area contributed by atoms with Crippen LogP contribution < -0.4 is 0 Å². The van der Waals surface area contributed by atoms with Gasteiger partial charge in [0.1, 0.15) is 5.78 Å². The van der Waals surface area contributed by atoms with E-state index >= 15 is 0 Å². The summed E-state index contributed by atoms with van der Waals surface area (Å²) in [5.74, 6) is -0.101. The van der Waals surface area contributed by atoms with Crippen molar-refractivity contribution < 1.29 is 17.8 Å². The second-order valence-electron chi connectivity index (χ2n) is 6.19. The van der Waals surface area contributed by atoms with Crippen molar-refractivity contribution in [2.45, 2.75) is 33.1 Å². The molecule has 2 atom stereocenters. The van der Waals surface area contributed by atoms with Gasteiger partial charge in [-0.3, -0.25) is 9.35 Å². The summed E-state index contributed by atoms with van der Waals surface area (Å²) in [7, 11) is -4.08. The van der Waals surface area contributed by atoms with Crippen molar-refractivity contribution in [3.05, 3.63) is 22.9 Å². The molecule has 2 aliphatic carbocycles. The van der Waals surface area contributed by atoms with E-state index in [0.717, 1.165) is 6.42 Å². The molecule has 1 heterocycles. The van der Waals surface area contributed by atoms with Crippen molar-refractivity contribution in [1.29, 1.82) is 0 Å². The fourth-order valence-corrected chi connectivity index (χ4v) is 5.40. The first-order valence-electron chi connectivity index (χ1n) is 6.65. The van der Waals surface area contributed by atoms with Crippen molar-refractivity contribution in [2.75, 3.05) is 5.75 Å². The smallest absolute Gasteiger partial charge is 0.265 e. The quantitative estimate of drug-likeness (QED) is 0.851. The SMILES string of the molecule is CC1(C)C2CCC1(CS(=O)(=O)O)C(=O)C2.c1ccsc1. The second-order valence-corrected chi connectivity index (χ2v) is 8.46. The van der Waals surface area contributed by atoms with Gasteiger partial charge in [0.15, 0.2) is 0 Å². The number of fused-ring (bicyclic) bond motifs is 2. The minimum Gasteiger partial charge on any atom is -0.299 e. The van der Waals surface area contributed by atoms with Crippen LogP contribution in [-0.4, -0.2) is 24.5 Å². The lowest BCUT2D eigenvalue weighted by Gasteiger charge is -2.35. The van der Waals surface area contributed by atoms with Gasteiger partial charge in [-0.1, -0.05) is 26.0 Å². The molecule has 20 heavy (non-hydrogen) atoms. The van der Waals surface area contributed by atoms with Gasteiger partial charge in [-0.2, -0.15) is 19.8 Å². The Morgan fingerprint density at radius 3 is 2.25 bits per heavy atom. The van der Waals surface area contributed by atoms with Gasteiger partial charge in [0, 0.05) is 6.42 Å². The van der Waals surface area contributed by atoms with E-state index in [0.29, 0.717) is 12.8 Å². The van der Waals surface area contributed by atoms with E-state index in [1.54, 1.807) is 11.3 Å². The number of ketones is 1. The van der Waals surface area contributed by atoms with E-state index in [2.05, 4.69) is 0 Å². The van der Waals surface area contributed by atoms with Crippen molar-refractivity contribution in [3.8, 4) is 0 Å². The van der Waals surface area contributed by atoms with Gasteiger partial charge in [0.2, 0.25) is 0 Å². The zero-order chi connectivity index (χ0) is 15.0. The molecule has 1 aromatic rings. The summed E-state index contributed by atoms with van der Waals surface area (Å²) in [6.45, 7) is 3.89. The molecule has 0 spiro atoms. The monoisotopic (exact) mass is 316 g/mol. The summed E-state index contributed by atoms with van der Waals surface area (Å²) < 4.78 is 31.0. The van der Waals surface area contributed by atoms with E-state index < -0.39 is 21.3 Å². The lowest BCUT2D eigenvalue weighted by Crippen LogP contribution is -2.42. The Balaban J connectivity index is 0.000000247. The van der Waals surface area contributed by atoms with Crippen LogP contribution in [0.25, 0.3) is 0 Å². The maximum Gasteiger partial charge on any atom is 0.265 e.